The SMILES string of the molecule is OCCNc1nc(NC2CC2)nc2c1CCN(Cc1ccsc1)CC2. The van der Waals surface area contributed by atoms with Gasteiger partial charge in [0.2, 0.25) is 5.95 Å². The molecule has 0 radical (unpaired) electrons. The van der Waals surface area contributed by atoms with Crippen LogP contribution in [-0.4, -0.2) is 52.3 Å². The smallest absolute Gasteiger partial charge is 0.225 e. The lowest BCUT2D eigenvalue weighted by Gasteiger charge is -2.18. The Hall–Kier alpha value is -1.70. The van der Waals surface area contributed by atoms with Gasteiger partial charge in [-0.1, -0.05) is 0 Å². The number of aliphatic hydroxyl groups is 1. The van der Waals surface area contributed by atoms with Gasteiger partial charge in [0.15, 0.2) is 0 Å². The number of anilines is 2. The molecular weight excluding hydrogens is 334 g/mol. The Balaban J connectivity index is 1.52. The highest BCUT2D eigenvalue weighted by atomic mass is 32.1. The molecule has 2 aromatic rings. The van der Waals surface area contributed by atoms with Crippen molar-refractivity contribution in [2.45, 2.75) is 38.3 Å². The molecule has 1 aliphatic heterocycles. The van der Waals surface area contributed by atoms with Crippen LogP contribution in [0.2, 0.25) is 0 Å². The second-order valence-electron chi connectivity index (χ2n) is 6.80. The second kappa shape index (κ2) is 7.68. The molecule has 134 valence electrons. The Morgan fingerprint density at radius 3 is 2.88 bits per heavy atom. The molecule has 0 unspecified atom stereocenters. The van der Waals surface area contributed by atoms with E-state index in [9.17, 15) is 0 Å². The number of rotatable bonds is 7. The minimum atomic E-state index is 0.106. The van der Waals surface area contributed by atoms with E-state index in [-0.39, 0.29) is 6.61 Å². The van der Waals surface area contributed by atoms with Gasteiger partial charge in [-0.15, -0.1) is 0 Å². The fraction of sp³-hybridized carbons (Fsp3) is 0.556. The van der Waals surface area contributed by atoms with Gasteiger partial charge in [-0.25, -0.2) is 4.98 Å². The number of aromatic nitrogens is 2. The normalized spacial score (nSPS) is 17.8. The summed E-state index contributed by atoms with van der Waals surface area (Å²) in [5.74, 6) is 1.62. The fourth-order valence-electron chi connectivity index (χ4n) is 3.24. The van der Waals surface area contributed by atoms with E-state index in [1.54, 1.807) is 11.3 Å². The maximum atomic E-state index is 9.17. The molecule has 2 aliphatic rings. The van der Waals surface area contributed by atoms with Crippen LogP contribution in [0.4, 0.5) is 11.8 Å². The van der Waals surface area contributed by atoms with Gasteiger partial charge < -0.3 is 15.7 Å². The molecule has 1 aliphatic carbocycles. The molecular formula is C18H25N5OS. The summed E-state index contributed by atoms with van der Waals surface area (Å²) < 4.78 is 0. The van der Waals surface area contributed by atoms with Gasteiger partial charge in [-0.05, 0) is 41.7 Å². The third kappa shape index (κ3) is 4.29. The van der Waals surface area contributed by atoms with Crippen molar-refractivity contribution in [3.63, 3.8) is 0 Å². The molecule has 0 amide bonds. The fourth-order valence-corrected chi connectivity index (χ4v) is 3.90. The van der Waals surface area contributed by atoms with Crippen LogP contribution in [0.25, 0.3) is 0 Å². The number of aliphatic hydroxyl groups excluding tert-OH is 1. The average Bonchev–Trinajstić information content (AvgIpc) is 3.32. The quantitative estimate of drug-likeness (QED) is 0.703. The van der Waals surface area contributed by atoms with Crippen LogP contribution < -0.4 is 10.6 Å². The van der Waals surface area contributed by atoms with Crippen molar-refractivity contribution in [1.82, 2.24) is 14.9 Å². The zero-order chi connectivity index (χ0) is 17.1. The van der Waals surface area contributed by atoms with Crippen molar-refractivity contribution in [2.24, 2.45) is 0 Å². The van der Waals surface area contributed by atoms with Crippen molar-refractivity contribution in [1.29, 1.82) is 0 Å². The summed E-state index contributed by atoms with van der Waals surface area (Å²) in [5.41, 5.74) is 3.74. The number of thiophene rings is 1. The number of hydrogen-bond acceptors (Lipinski definition) is 7. The Labute approximate surface area is 152 Å². The van der Waals surface area contributed by atoms with Crippen LogP contribution in [0.15, 0.2) is 16.8 Å². The van der Waals surface area contributed by atoms with Crippen LogP contribution >= 0.6 is 11.3 Å². The maximum absolute atomic E-state index is 9.17. The summed E-state index contributed by atoms with van der Waals surface area (Å²) in [6.07, 6.45) is 4.29. The summed E-state index contributed by atoms with van der Waals surface area (Å²) in [6, 6.07) is 2.73. The van der Waals surface area contributed by atoms with Gasteiger partial charge in [0.05, 0.1) is 12.3 Å². The minimum absolute atomic E-state index is 0.106. The maximum Gasteiger partial charge on any atom is 0.225 e. The number of fused-ring (bicyclic) bond motifs is 1. The van der Waals surface area contributed by atoms with Crippen LogP contribution in [0.5, 0.6) is 0 Å². The topological polar surface area (TPSA) is 73.3 Å². The second-order valence-corrected chi connectivity index (χ2v) is 7.58. The molecule has 0 spiro atoms. The van der Waals surface area contributed by atoms with Crippen LogP contribution in [0, 0.1) is 0 Å². The molecule has 7 heteroatoms. The lowest BCUT2D eigenvalue weighted by molar-refractivity contribution is 0.279. The largest absolute Gasteiger partial charge is 0.395 e. The monoisotopic (exact) mass is 359 g/mol. The van der Waals surface area contributed by atoms with Crippen molar-refractivity contribution < 1.29 is 5.11 Å². The summed E-state index contributed by atoms with van der Waals surface area (Å²) in [4.78, 5) is 12.0. The van der Waals surface area contributed by atoms with E-state index >= 15 is 0 Å². The van der Waals surface area contributed by atoms with Gasteiger partial charge in [-0.2, -0.15) is 16.3 Å². The highest BCUT2D eigenvalue weighted by molar-refractivity contribution is 7.07. The Morgan fingerprint density at radius 2 is 2.12 bits per heavy atom. The van der Waals surface area contributed by atoms with Crippen molar-refractivity contribution in [3.8, 4) is 0 Å². The molecule has 0 aromatic carbocycles. The summed E-state index contributed by atoms with van der Waals surface area (Å²) in [6.45, 7) is 3.65. The molecule has 0 atom stereocenters. The van der Waals surface area contributed by atoms with E-state index in [1.807, 2.05) is 0 Å². The third-order valence-corrected chi connectivity index (χ3v) is 5.47. The first-order valence-corrected chi connectivity index (χ1v) is 10.0. The van der Waals surface area contributed by atoms with Crippen LogP contribution in [0.3, 0.4) is 0 Å². The summed E-state index contributed by atoms with van der Waals surface area (Å²) in [5, 5.41) is 20.2. The Morgan fingerprint density at radius 1 is 1.24 bits per heavy atom. The van der Waals surface area contributed by atoms with E-state index in [2.05, 4.69) is 37.3 Å². The molecule has 1 saturated carbocycles. The van der Waals surface area contributed by atoms with Gasteiger partial charge in [0.25, 0.3) is 0 Å². The van der Waals surface area contributed by atoms with Gasteiger partial charge in [0, 0.05) is 44.2 Å². The Kier molecular flexibility index (Phi) is 5.14. The molecule has 0 bridgehead atoms. The molecule has 4 rings (SSSR count). The van der Waals surface area contributed by atoms with Gasteiger partial charge in [0.1, 0.15) is 5.82 Å². The van der Waals surface area contributed by atoms with E-state index < -0.39 is 0 Å². The Bertz CT molecular complexity index is 702. The summed E-state index contributed by atoms with van der Waals surface area (Å²) in [7, 11) is 0. The predicted molar refractivity (Wildman–Crippen MR) is 101 cm³/mol. The van der Waals surface area contributed by atoms with Crippen molar-refractivity contribution in [2.75, 3.05) is 36.9 Å². The molecule has 25 heavy (non-hydrogen) atoms. The zero-order valence-electron chi connectivity index (χ0n) is 14.4. The average molecular weight is 359 g/mol. The standard InChI is InChI=1S/C18H25N5OS/c24-9-6-19-17-15-3-7-23(11-13-5-10-25-12-13)8-4-16(15)21-18(22-17)20-14-1-2-14/h5,10,12,14,24H,1-4,6-9,11H2,(H2,19,20,21,22). The van der Waals surface area contributed by atoms with E-state index in [1.165, 1.54) is 24.0 Å². The van der Waals surface area contributed by atoms with E-state index in [0.717, 1.165) is 49.9 Å². The lowest BCUT2D eigenvalue weighted by atomic mass is 10.1. The number of nitrogens with zero attached hydrogens (tertiary/aromatic N) is 3. The van der Waals surface area contributed by atoms with E-state index in [0.29, 0.717) is 12.6 Å². The zero-order valence-corrected chi connectivity index (χ0v) is 15.2. The first-order chi connectivity index (χ1) is 12.3. The molecule has 0 saturated heterocycles. The number of nitrogens with one attached hydrogen (secondary N) is 2. The lowest BCUT2D eigenvalue weighted by Crippen LogP contribution is -2.25. The molecule has 3 N–H and O–H groups in total. The molecule has 3 heterocycles. The van der Waals surface area contributed by atoms with Crippen LogP contribution in [0.1, 0.15) is 29.7 Å². The van der Waals surface area contributed by atoms with Crippen LogP contribution in [-0.2, 0) is 19.4 Å². The minimum Gasteiger partial charge on any atom is -0.395 e. The van der Waals surface area contributed by atoms with Gasteiger partial charge in [-0.3, -0.25) is 4.90 Å². The first kappa shape index (κ1) is 16.8. The van der Waals surface area contributed by atoms with Crippen molar-refractivity contribution in [3.05, 3.63) is 33.6 Å². The van der Waals surface area contributed by atoms with Gasteiger partial charge >= 0.3 is 0 Å². The predicted octanol–water partition coefficient (Wildman–Crippen LogP) is 2.12. The summed E-state index contributed by atoms with van der Waals surface area (Å²) >= 11 is 1.75. The molecule has 1 fully saturated rings. The first-order valence-electron chi connectivity index (χ1n) is 9.06. The molecule has 6 nitrogen and oxygen atoms in total. The molecule has 2 aromatic heterocycles. The highest BCUT2D eigenvalue weighted by Gasteiger charge is 2.25. The third-order valence-electron chi connectivity index (χ3n) is 4.74. The van der Waals surface area contributed by atoms with Crippen molar-refractivity contribution >= 4 is 23.1 Å². The highest BCUT2D eigenvalue weighted by Crippen LogP contribution is 2.27. The van der Waals surface area contributed by atoms with E-state index in [4.69, 9.17) is 10.1 Å². The number of hydrogen-bond donors (Lipinski definition) is 3.